The Kier molecular flexibility index (Phi) is 5.14. The molecule has 0 aliphatic carbocycles. The molecule has 0 aromatic carbocycles. The second-order valence-corrected chi connectivity index (χ2v) is 4.17. The largest absolute Gasteiger partial charge is 0.480 e. The highest BCUT2D eigenvalue weighted by molar-refractivity contribution is 9.10. The van der Waals surface area contributed by atoms with Crippen LogP contribution in [0.1, 0.15) is 6.92 Å². The molecule has 1 rings (SSSR count). The molecule has 1 aromatic rings. The topological polar surface area (TPSA) is 67.4 Å². The van der Waals surface area contributed by atoms with Gasteiger partial charge >= 0.3 is 0 Å². The molecule has 94 valence electrons. The lowest BCUT2D eigenvalue weighted by Crippen LogP contribution is -2.32. The van der Waals surface area contributed by atoms with E-state index in [0.29, 0.717) is 22.8 Å². The van der Waals surface area contributed by atoms with Crippen molar-refractivity contribution in [1.82, 2.24) is 14.9 Å². The number of nitrogens with one attached hydrogen (secondary N) is 1. The maximum Gasteiger partial charge on any atom is 0.241 e. The number of likely N-dealkylation sites (N-methyl/N-ethyl adjacent to an activating group) is 1. The third kappa shape index (κ3) is 3.85. The maximum absolute atomic E-state index is 11.5. The average molecular weight is 303 g/mol. The van der Waals surface area contributed by atoms with E-state index in [2.05, 4.69) is 31.2 Å². The van der Waals surface area contributed by atoms with E-state index < -0.39 is 0 Å². The van der Waals surface area contributed by atoms with Crippen LogP contribution in [0.25, 0.3) is 0 Å². The molecule has 7 heteroatoms. The SMILES string of the molecule is CCN(C)C(=O)CNc1ncc(Br)c(OC)n1. The fourth-order valence-corrected chi connectivity index (χ4v) is 1.40. The molecule has 1 amide bonds. The van der Waals surface area contributed by atoms with E-state index in [1.54, 1.807) is 18.1 Å². The van der Waals surface area contributed by atoms with E-state index in [9.17, 15) is 4.79 Å². The van der Waals surface area contributed by atoms with Gasteiger partial charge in [0.15, 0.2) is 0 Å². The number of anilines is 1. The Bertz CT molecular complexity index is 400. The first-order chi connectivity index (χ1) is 8.08. The average Bonchev–Trinajstić information content (AvgIpc) is 2.36. The Labute approximate surface area is 109 Å². The van der Waals surface area contributed by atoms with Crippen LogP contribution in [0.3, 0.4) is 0 Å². The molecule has 0 fully saturated rings. The van der Waals surface area contributed by atoms with E-state index in [4.69, 9.17) is 4.74 Å². The molecule has 17 heavy (non-hydrogen) atoms. The second-order valence-electron chi connectivity index (χ2n) is 3.31. The van der Waals surface area contributed by atoms with Crippen molar-refractivity contribution in [3.63, 3.8) is 0 Å². The molecule has 0 radical (unpaired) electrons. The van der Waals surface area contributed by atoms with Gasteiger partial charge in [0, 0.05) is 13.6 Å². The second kappa shape index (κ2) is 6.39. The van der Waals surface area contributed by atoms with Crippen LogP contribution in [-0.2, 0) is 4.79 Å². The number of halogens is 1. The van der Waals surface area contributed by atoms with Crippen molar-refractivity contribution in [3.8, 4) is 5.88 Å². The van der Waals surface area contributed by atoms with Gasteiger partial charge in [0.25, 0.3) is 0 Å². The van der Waals surface area contributed by atoms with Crippen molar-refractivity contribution in [2.75, 3.05) is 32.6 Å². The molecule has 0 aliphatic rings. The highest BCUT2D eigenvalue weighted by Gasteiger charge is 2.08. The number of methoxy groups -OCH3 is 1. The molecule has 0 spiro atoms. The van der Waals surface area contributed by atoms with Gasteiger partial charge in [0.1, 0.15) is 0 Å². The first-order valence-corrected chi connectivity index (χ1v) is 5.92. The predicted octanol–water partition coefficient (Wildman–Crippen LogP) is 1.14. The number of carbonyl (C=O) groups excluding carboxylic acids is 1. The quantitative estimate of drug-likeness (QED) is 0.883. The molecular weight excluding hydrogens is 288 g/mol. The van der Waals surface area contributed by atoms with Gasteiger partial charge in [-0.3, -0.25) is 4.79 Å². The minimum atomic E-state index is -0.0158. The fraction of sp³-hybridized carbons (Fsp3) is 0.500. The van der Waals surface area contributed by atoms with Crippen molar-refractivity contribution in [2.45, 2.75) is 6.92 Å². The zero-order valence-corrected chi connectivity index (χ0v) is 11.6. The first-order valence-electron chi connectivity index (χ1n) is 5.12. The van der Waals surface area contributed by atoms with Crippen LogP contribution >= 0.6 is 15.9 Å². The number of hydrogen-bond donors (Lipinski definition) is 1. The normalized spacial score (nSPS) is 9.88. The van der Waals surface area contributed by atoms with Crippen LogP contribution in [0.4, 0.5) is 5.95 Å². The minimum absolute atomic E-state index is 0.0158. The van der Waals surface area contributed by atoms with Gasteiger partial charge in [-0.1, -0.05) is 0 Å². The van der Waals surface area contributed by atoms with Crippen LogP contribution in [0.2, 0.25) is 0 Å². The molecule has 0 unspecified atom stereocenters. The third-order valence-electron chi connectivity index (χ3n) is 2.20. The smallest absolute Gasteiger partial charge is 0.241 e. The Morgan fingerprint density at radius 3 is 2.94 bits per heavy atom. The van der Waals surface area contributed by atoms with Crippen LogP contribution < -0.4 is 10.1 Å². The van der Waals surface area contributed by atoms with E-state index in [0.717, 1.165) is 0 Å². The molecule has 1 N–H and O–H groups in total. The van der Waals surface area contributed by atoms with Crippen molar-refractivity contribution >= 4 is 27.8 Å². The summed E-state index contributed by atoms with van der Waals surface area (Å²) in [6.07, 6.45) is 1.57. The molecule has 1 aromatic heterocycles. The zero-order valence-electron chi connectivity index (χ0n) is 10.0. The van der Waals surface area contributed by atoms with Crippen LogP contribution in [0, 0.1) is 0 Å². The lowest BCUT2D eigenvalue weighted by atomic mass is 10.5. The summed E-state index contributed by atoms with van der Waals surface area (Å²) >= 11 is 3.25. The van der Waals surface area contributed by atoms with Gasteiger partial charge in [-0.2, -0.15) is 4.98 Å². The van der Waals surface area contributed by atoms with Crippen molar-refractivity contribution < 1.29 is 9.53 Å². The van der Waals surface area contributed by atoms with Crippen LogP contribution in [-0.4, -0.2) is 48.0 Å². The monoisotopic (exact) mass is 302 g/mol. The summed E-state index contributed by atoms with van der Waals surface area (Å²) in [6.45, 7) is 2.75. The molecule has 0 saturated carbocycles. The summed E-state index contributed by atoms with van der Waals surface area (Å²) in [5, 5.41) is 2.85. The van der Waals surface area contributed by atoms with Crippen molar-refractivity contribution in [2.24, 2.45) is 0 Å². The zero-order chi connectivity index (χ0) is 12.8. The highest BCUT2D eigenvalue weighted by atomic mass is 79.9. The van der Waals surface area contributed by atoms with Crippen molar-refractivity contribution in [3.05, 3.63) is 10.7 Å². The lowest BCUT2D eigenvalue weighted by Gasteiger charge is -2.14. The molecular formula is C10H15BrN4O2. The van der Waals surface area contributed by atoms with Gasteiger partial charge in [-0.25, -0.2) is 4.98 Å². The molecule has 0 bridgehead atoms. The summed E-state index contributed by atoms with van der Waals surface area (Å²) in [6, 6.07) is 0. The summed E-state index contributed by atoms with van der Waals surface area (Å²) < 4.78 is 5.70. The molecule has 0 saturated heterocycles. The van der Waals surface area contributed by atoms with Gasteiger partial charge < -0.3 is 15.0 Å². The van der Waals surface area contributed by atoms with Gasteiger partial charge in [-0.05, 0) is 22.9 Å². The number of carbonyl (C=O) groups is 1. The number of nitrogens with zero attached hydrogens (tertiary/aromatic N) is 3. The number of hydrogen-bond acceptors (Lipinski definition) is 5. The molecule has 1 heterocycles. The van der Waals surface area contributed by atoms with Gasteiger partial charge in [0.05, 0.1) is 24.3 Å². The Morgan fingerprint density at radius 1 is 1.65 bits per heavy atom. The van der Waals surface area contributed by atoms with Gasteiger partial charge in [-0.15, -0.1) is 0 Å². The lowest BCUT2D eigenvalue weighted by molar-refractivity contribution is -0.127. The number of rotatable bonds is 5. The standard InChI is InChI=1S/C10H15BrN4O2/c1-4-15(2)8(16)6-13-10-12-5-7(11)9(14-10)17-3/h5H,4,6H2,1-3H3,(H,12,13,14). The Morgan fingerprint density at radius 2 is 2.35 bits per heavy atom. The Balaban J connectivity index is 2.61. The van der Waals surface area contributed by atoms with E-state index in [1.807, 2.05) is 6.92 Å². The highest BCUT2D eigenvalue weighted by Crippen LogP contribution is 2.21. The number of aromatic nitrogens is 2. The van der Waals surface area contributed by atoms with E-state index >= 15 is 0 Å². The van der Waals surface area contributed by atoms with E-state index in [1.165, 1.54) is 7.11 Å². The summed E-state index contributed by atoms with van der Waals surface area (Å²) in [5.41, 5.74) is 0. The van der Waals surface area contributed by atoms with E-state index in [-0.39, 0.29) is 12.5 Å². The summed E-state index contributed by atoms with van der Waals surface area (Å²) in [5.74, 6) is 0.777. The van der Waals surface area contributed by atoms with Gasteiger partial charge in [0.2, 0.25) is 17.7 Å². The first kappa shape index (κ1) is 13.7. The summed E-state index contributed by atoms with van der Waals surface area (Å²) in [4.78, 5) is 21.3. The molecule has 0 atom stereocenters. The summed E-state index contributed by atoms with van der Waals surface area (Å²) in [7, 11) is 3.26. The number of ether oxygens (including phenoxy) is 1. The van der Waals surface area contributed by atoms with Crippen LogP contribution in [0.5, 0.6) is 5.88 Å². The molecule has 0 aliphatic heterocycles. The maximum atomic E-state index is 11.5. The predicted molar refractivity (Wildman–Crippen MR) is 68.1 cm³/mol. The minimum Gasteiger partial charge on any atom is -0.480 e. The Hall–Kier alpha value is -1.37. The fourth-order valence-electron chi connectivity index (χ4n) is 1.05. The molecule has 6 nitrogen and oxygen atoms in total. The van der Waals surface area contributed by atoms with Crippen LogP contribution in [0.15, 0.2) is 10.7 Å². The number of amides is 1. The third-order valence-corrected chi connectivity index (χ3v) is 2.75. The van der Waals surface area contributed by atoms with Crippen molar-refractivity contribution in [1.29, 1.82) is 0 Å².